The molecule has 0 spiro atoms. The maximum atomic E-state index is 12.8. The largest absolute Gasteiger partial charge is 0.480 e. The fourth-order valence-electron chi connectivity index (χ4n) is 1.88. The fourth-order valence-corrected chi connectivity index (χ4v) is 1.88. The normalized spacial score (nSPS) is 13.4. The van der Waals surface area contributed by atoms with E-state index in [1.807, 2.05) is 0 Å². The van der Waals surface area contributed by atoms with Crippen molar-refractivity contribution in [3.63, 3.8) is 0 Å². The lowest BCUT2D eigenvalue weighted by Crippen LogP contribution is -2.29. The molecule has 0 aliphatic heterocycles. The summed E-state index contributed by atoms with van der Waals surface area (Å²) in [5.74, 6) is -2.63. The third-order valence-corrected chi connectivity index (χ3v) is 2.89. The molecule has 0 saturated carbocycles. The summed E-state index contributed by atoms with van der Waals surface area (Å²) in [6, 6.07) is 0.534. The molecule has 1 unspecified atom stereocenters. The van der Waals surface area contributed by atoms with E-state index in [1.54, 1.807) is 19.9 Å². The van der Waals surface area contributed by atoms with E-state index in [0.29, 0.717) is 11.1 Å². The number of carboxylic acids is 1. The summed E-state index contributed by atoms with van der Waals surface area (Å²) in [7, 11) is 0. The van der Waals surface area contributed by atoms with Gasteiger partial charge in [-0.25, -0.2) is 14.8 Å². The van der Waals surface area contributed by atoms with Crippen molar-refractivity contribution in [1.82, 2.24) is 15.0 Å². The van der Waals surface area contributed by atoms with Crippen LogP contribution in [0.15, 0.2) is 6.07 Å². The van der Waals surface area contributed by atoms with Crippen molar-refractivity contribution in [3.05, 3.63) is 17.6 Å². The molecule has 2 aromatic heterocycles. The maximum Gasteiger partial charge on any atom is 0.451 e. The predicted molar refractivity (Wildman–Crippen MR) is 69.0 cm³/mol. The molecule has 0 radical (unpaired) electrons. The van der Waals surface area contributed by atoms with Crippen molar-refractivity contribution >= 4 is 22.8 Å². The molecule has 114 valence electrons. The van der Waals surface area contributed by atoms with Crippen LogP contribution in [-0.2, 0) is 11.0 Å². The molecule has 0 bridgehead atoms. The number of hydrogen-bond donors (Lipinski definition) is 3. The van der Waals surface area contributed by atoms with E-state index in [0.717, 1.165) is 0 Å². The van der Waals surface area contributed by atoms with Crippen LogP contribution < -0.4 is 5.32 Å². The Kier molecular flexibility index (Phi) is 3.75. The molecule has 0 saturated heterocycles. The van der Waals surface area contributed by atoms with E-state index in [4.69, 9.17) is 5.11 Å². The molecule has 0 aliphatic rings. The first-order chi connectivity index (χ1) is 9.72. The van der Waals surface area contributed by atoms with Crippen molar-refractivity contribution in [2.75, 3.05) is 5.32 Å². The number of fused-ring (bicyclic) bond motifs is 1. The smallest absolute Gasteiger partial charge is 0.451 e. The molecule has 9 heteroatoms. The lowest BCUT2D eigenvalue weighted by molar-refractivity contribution is -0.144. The van der Waals surface area contributed by atoms with Gasteiger partial charge >= 0.3 is 12.1 Å². The lowest BCUT2D eigenvalue weighted by Gasteiger charge is -2.15. The molecule has 0 amide bonds. The van der Waals surface area contributed by atoms with Crippen LogP contribution in [0.25, 0.3) is 11.0 Å². The summed E-state index contributed by atoms with van der Waals surface area (Å²) >= 11 is 0. The third-order valence-electron chi connectivity index (χ3n) is 2.89. The van der Waals surface area contributed by atoms with E-state index in [9.17, 15) is 18.0 Å². The third kappa shape index (κ3) is 3.06. The van der Waals surface area contributed by atoms with E-state index >= 15 is 0 Å². The highest BCUT2D eigenvalue weighted by Crippen LogP contribution is 2.30. The molecular formula is C12H13F3N4O2. The number of nitrogens with zero attached hydrogens (tertiary/aromatic N) is 2. The van der Waals surface area contributed by atoms with Gasteiger partial charge in [0.1, 0.15) is 17.5 Å². The van der Waals surface area contributed by atoms with Gasteiger partial charge in [0.2, 0.25) is 5.82 Å². The number of rotatable bonds is 4. The van der Waals surface area contributed by atoms with Gasteiger partial charge in [-0.3, -0.25) is 0 Å². The second-order valence-electron chi connectivity index (χ2n) is 4.55. The zero-order chi connectivity index (χ0) is 15.8. The monoisotopic (exact) mass is 302 g/mol. The molecule has 2 aromatic rings. The SMILES string of the molecule is CCC(Nc1nc(C(F)(F)F)nc2[nH]c(C)cc12)C(=O)O. The highest BCUT2D eigenvalue weighted by atomic mass is 19.4. The van der Waals surface area contributed by atoms with Crippen molar-refractivity contribution < 1.29 is 23.1 Å². The zero-order valence-corrected chi connectivity index (χ0v) is 11.2. The van der Waals surface area contributed by atoms with Gasteiger partial charge in [0.05, 0.1) is 5.39 Å². The van der Waals surface area contributed by atoms with Crippen molar-refractivity contribution in [2.24, 2.45) is 0 Å². The number of aromatic amines is 1. The van der Waals surface area contributed by atoms with E-state index in [-0.39, 0.29) is 17.9 Å². The molecule has 3 N–H and O–H groups in total. The van der Waals surface area contributed by atoms with Gasteiger partial charge < -0.3 is 15.4 Å². The number of aliphatic carboxylic acids is 1. The minimum absolute atomic E-state index is 0.0116. The van der Waals surface area contributed by atoms with Crippen LogP contribution in [0.5, 0.6) is 0 Å². The lowest BCUT2D eigenvalue weighted by atomic mass is 10.2. The number of H-pyrrole nitrogens is 1. The van der Waals surface area contributed by atoms with Crippen LogP contribution in [0.3, 0.4) is 0 Å². The summed E-state index contributed by atoms with van der Waals surface area (Å²) in [5.41, 5.74) is 0.614. The fraction of sp³-hybridized carbons (Fsp3) is 0.417. The Morgan fingerprint density at radius 3 is 2.67 bits per heavy atom. The van der Waals surface area contributed by atoms with Gasteiger partial charge in [0, 0.05) is 5.69 Å². The van der Waals surface area contributed by atoms with E-state index in [2.05, 4.69) is 20.3 Å². The highest BCUT2D eigenvalue weighted by molar-refractivity contribution is 5.90. The standard InChI is InChI=1S/C12H13F3N4O2/c1-3-7(10(20)21)17-9-6-4-5(2)16-8(6)18-11(19-9)12(13,14)15/h4,7H,3H2,1-2H3,(H,20,21)(H2,16,17,18,19). The summed E-state index contributed by atoms with van der Waals surface area (Å²) in [6.07, 6.45) is -4.51. The molecule has 21 heavy (non-hydrogen) atoms. The Balaban J connectivity index is 2.56. The van der Waals surface area contributed by atoms with Gasteiger partial charge in [-0.05, 0) is 19.4 Å². The Labute approximate surface area is 117 Å². The van der Waals surface area contributed by atoms with Gasteiger partial charge in [0.15, 0.2) is 0 Å². The number of anilines is 1. The van der Waals surface area contributed by atoms with Gasteiger partial charge in [-0.1, -0.05) is 6.92 Å². The van der Waals surface area contributed by atoms with E-state index in [1.165, 1.54) is 0 Å². The summed E-state index contributed by atoms with van der Waals surface area (Å²) in [4.78, 5) is 20.6. The molecule has 6 nitrogen and oxygen atoms in total. The number of aromatic nitrogens is 3. The Morgan fingerprint density at radius 1 is 1.48 bits per heavy atom. The van der Waals surface area contributed by atoms with Gasteiger partial charge in [-0.2, -0.15) is 13.2 Å². The Bertz CT molecular complexity index is 681. The van der Waals surface area contributed by atoms with Crippen LogP contribution >= 0.6 is 0 Å². The molecule has 2 rings (SSSR count). The van der Waals surface area contributed by atoms with Crippen molar-refractivity contribution in [1.29, 1.82) is 0 Å². The Hall–Kier alpha value is -2.32. The minimum atomic E-state index is -4.71. The van der Waals surface area contributed by atoms with Gasteiger partial charge in [0.25, 0.3) is 0 Å². The Morgan fingerprint density at radius 2 is 2.14 bits per heavy atom. The first-order valence-electron chi connectivity index (χ1n) is 6.16. The first-order valence-corrected chi connectivity index (χ1v) is 6.16. The van der Waals surface area contributed by atoms with Crippen LogP contribution in [0, 0.1) is 6.92 Å². The number of hydrogen-bond acceptors (Lipinski definition) is 4. The first kappa shape index (κ1) is 15.1. The van der Waals surface area contributed by atoms with Crippen LogP contribution in [0.2, 0.25) is 0 Å². The van der Waals surface area contributed by atoms with Crippen LogP contribution in [0.1, 0.15) is 24.9 Å². The van der Waals surface area contributed by atoms with Crippen molar-refractivity contribution in [3.8, 4) is 0 Å². The average Bonchev–Trinajstić information content (AvgIpc) is 2.74. The number of halogens is 3. The van der Waals surface area contributed by atoms with Crippen LogP contribution in [-0.4, -0.2) is 32.1 Å². The summed E-state index contributed by atoms with van der Waals surface area (Å²) in [6.45, 7) is 3.27. The topological polar surface area (TPSA) is 90.9 Å². The number of carboxylic acid groups (broad SMARTS) is 1. The number of alkyl halides is 3. The second kappa shape index (κ2) is 5.23. The molecule has 0 aromatic carbocycles. The summed E-state index contributed by atoms with van der Waals surface area (Å²) in [5, 5.41) is 11.9. The quantitative estimate of drug-likeness (QED) is 0.807. The second-order valence-corrected chi connectivity index (χ2v) is 4.55. The highest BCUT2D eigenvalue weighted by Gasteiger charge is 2.36. The minimum Gasteiger partial charge on any atom is -0.480 e. The molecular weight excluding hydrogens is 289 g/mol. The number of carbonyl (C=O) groups is 1. The van der Waals surface area contributed by atoms with Gasteiger partial charge in [-0.15, -0.1) is 0 Å². The summed E-state index contributed by atoms with van der Waals surface area (Å²) < 4.78 is 38.4. The number of aryl methyl sites for hydroxylation is 1. The number of nitrogens with one attached hydrogen (secondary N) is 2. The van der Waals surface area contributed by atoms with E-state index < -0.39 is 24.0 Å². The molecule has 2 heterocycles. The van der Waals surface area contributed by atoms with Crippen molar-refractivity contribution in [2.45, 2.75) is 32.5 Å². The van der Waals surface area contributed by atoms with Crippen LogP contribution in [0.4, 0.5) is 19.0 Å². The zero-order valence-electron chi connectivity index (χ0n) is 11.2. The molecule has 0 aliphatic carbocycles. The average molecular weight is 302 g/mol. The molecule has 0 fully saturated rings. The predicted octanol–water partition coefficient (Wildman–Crippen LogP) is 2.56. The molecule has 1 atom stereocenters. The maximum absolute atomic E-state index is 12.8.